The zero-order valence-corrected chi connectivity index (χ0v) is 12.2. The average Bonchev–Trinajstić information content (AvgIpc) is 2.61. The second-order valence-electron chi connectivity index (χ2n) is 3.91. The van der Waals surface area contributed by atoms with Crippen molar-refractivity contribution in [2.45, 2.75) is 13.0 Å². The summed E-state index contributed by atoms with van der Waals surface area (Å²) >= 11 is 13.7. The zero-order valence-electron chi connectivity index (χ0n) is 9.87. The number of carbonyl (C=O) groups is 1. The molecule has 1 aliphatic rings. The fourth-order valence-electron chi connectivity index (χ4n) is 1.69. The van der Waals surface area contributed by atoms with Gasteiger partial charge in [0.15, 0.2) is 0 Å². The van der Waals surface area contributed by atoms with Crippen LogP contribution in [0.4, 0.5) is 0 Å². The number of ether oxygens (including phenoxy) is 1. The minimum Gasteiger partial charge on any atom is -0.403 e. The highest BCUT2D eigenvalue weighted by Gasteiger charge is 2.31. The summed E-state index contributed by atoms with van der Waals surface area (Å²) in [5.41, 5.74) is 0.918. The summed E-state index contributed by atoms with van der Waals surface area (Å²) in [6, 6.07) is 3.23. The Morgan fingerprint density at radius 1 is 1.44 bits per heavy atom. The molecule has 3 nitrogen and oxygen atoms in total. The van der Waals surface area contributed by atoms with Crippen molar-refractivity contribution < 1.29 is 9.53 Å². The molecule has 0 bridgehead atoms. The minimum atomic E-state index is -0.432. The Kier molecular flexibility index (Phi) is 4.20. The number of thioether (sulfide) groups is 1. The molecular weight excluding hydrogens is 293 g/mol. The topological polar surface area (TPSA) is 38.7 Å². The summed E-state index contributed by atoms with van der Waals surface area (Å²) in [6.45, 7) is 1.95. The van der Waals surface area contributed by atoms with E-state index in [2.05, 4.69) is 4.99 Å². The molecule has 0 amide bonds. The van der Waals surface area contributed by atoms with Gasteiger partial charge in [-0.25, -0.2) is 9.79 Å². The predicted octanol–water partition coefficient (Wildman–Crippen LogP) is 3.66. The molecule has 1 aliphatic heterocycles. The van der Waals surface area contributed by atoms with E-state index in [1.165, 1.54) is 0 Å². The lowest BCUT2D eigenvalue weighted by Gasteiger charge is -2.06. The number of rotatable bonds is 3. The van der Waals surface area contributed by atoms with Crippen molar-refractivity contribution in [3.63, 3.8) is 0 Å². The van der Waals surface area contributed by atoms with Crippen LogP contribution in [0.5, 0.6) is 0 Å². The fraction of sp³-hybridized carbons (Fsp3) is 0.333. The molecule has 0 saturated heterocycles. The van der Waals surface area contributed by atoms with Crippen LogP contribution in [0.15, 0.2) is 17.1 Å². The van der Waals surface area contributed by atoms with Gasteiger partial charge in [0.2, 0.25) is 5.90 Å². The Morgan fingerprint density at radius 3 is 2.83 bits per heavy atom. The van der Waals surface area contributed by atoms with Crippen molar-refractivity contribution >= 4 is 46.8 Å². The normalized spacial score (nSPS) is 17.8. The first kappa shape index (κ1) is 13.7. The maximum Gasteiger partial charge on any atom is 0.345 e. The number of nitrogens with zero attached hydrogens (tertiary/aromatic N) is 1. The number of benzene rings is 1. The molecule has 2 rings (SSSR count). The molecule has 1 heterocycles. The smallest absolute Gasteiger partial charge is 0.345 e. The van der Waals surface area contributed by atoms with Crippen LogP contribution in [0.1, 0.15) is 22.8 Å². The molecule has 0 spiro atoms. The lowest BCUT2D eigenvalue weighted by atomic mass is 10.1. The molecule has 0 fully saturated rings. The van der Waals surface area contributed by atoms with Crippen LogP contribution in [-0.2, 0) is 4.74 Å². The van der Waals surface area contributed by atoms with Gasteiger partial charge >= 0.3 is 5.97 Å². The van der Waals surface area contributed by atoms with Crippen LogP contribution < -0.4 is 0 Å². The van der Waals surface area contributed by atoms with Gasteiger partial charge in [0.05, 0.1) is 27.2 Å². The van der Waals surface area contributed by atoms with Gasteiger partial charge in [-0.15, -0.1) is 0 Å². The van der Waals surface area contributed by atoms with E-state index < -0.39 is 5.97 Å². The first-order chi connectivity index (χ1) is 8.54. The Morgan fingerprint density at radius 2 is 2.17 bits per heavy atom. The van der Waals surface area contributed by atoms with Gasteiger partial charge in [0, 0.05) is 5.75 Å². The first-order valence-corrected chi connectivity index (χ1v) is 7.47. The number of cyclic esters (lactones) is 1. The molecule has 18 heavy (non-hydrogen) atoms. The van der Waals surface area contributed by atoms with Crippen LogP contribution >= 0.6 is 35.0 Å². The minimum absolute atomic E-state index is 0.0452. The average molecular weight is 304 g/mol. The van der Waals surface area contributed by atoms with Crippen LogP contribution in [-0.4, -0.2) is 29.9 Å². The molecule has 96 valence electrons. The summed E-state index contributed by atoms with van der Waals surface area (Å²) in [5, 5.41) is 0.703. The Bertz CT molecular complexity index is 531. The molecule has 1 aromatic rings. The van der Waals surface area contributed by atoms with Gasteiger partial charge in [-0.05, 0) is 25.3 Å². The summed E-state index contributed by atoms with van der Waals surface area (Å²) in [6.07, 6.45) is 2.00. The molecule has 0 aliphatic carbocycles. The number of hydrogen-bond donors (Lipinski definition) is 0. The Hall–Kier alpha value is -0.710. The van der Waals surface area contributed by atoms with Crippen molar-refractivity contribution in [3.05, 3.63) is 33.3 Å². The van der Waals surface area contributed by atoms with E-state index in [4.69, 9.17) is 27.9 Å². The standard InChI is InChI=1S/C12H11Cl2NO2S/c1-6(5-18-2)15-11-9-7(12(16)17-11)3-4-8(13)10(9)14/h3-4,6H,5H2,1-2H3/t6-/m0/s1. The maximum absolute atomic E-state index is 11.7. The van der Waals surface area contributed by atoms with Gasteiger partial charge < -0.3 is 4.74 Å². The van der Waals surface area contributed by atoms with Crippen LogP contribution in [0.2, 0.25) is 10.0 Å². The third kappa shape index (κ3) is 2.51. The third-order valence-corrected chi connectivity index (χ3v) is 4.08. The highest BCUT2D eigenvalue weighted by atomic mass is 35.5. The third-order valence-electron chi connectivity index (χ3n) is 2.46. The van der Waals surface area contributed by atoms with Gasteiger partial charge in [-0.1, -0.05) is 23.2 Å². The molecule has 6 heteroatoms. The highest BCUT2D eigenvalue weighted by molar-refractivity contribution is 7.98. The summed E-state index contributed by atoms with van der Waals surface area (Å²) < 4.78 is 5.14. The SMILES string of the molecule is CSC[C@H](C)N=C1OC(=O)c2ccc(Cl)c(Cl)c21. The van der Waals surface area contributed by atoms with Gasteiger partial charge in [-0.2, -0.15) is 11.8 Å². The predicted molar refractivity (Wildman–Crippen MR) is 76.3 cm³/mol. The summed E-state index contributed by atoms with van der Waals surface area (Å²) in [7, 11) is 0. The monoisotopic (exact) mass is 303 g/mol. The number of hydrogen-bond acceptors (Lipinski definition) is 4. The Labute approximate surface area is 120 Å². The quantitative estimate of drug-likeness (QED) is 0.800. The van der Waals surface area contributed by atoms with Crippen molar-refractivity contribution in [2.75, 3.05) is 12.0 Å². The number of fused-ring (bicyclic) bond motifs is 1. The van der Waals surface area contributed by atoms with Gasteiger partial charge in [-0.3, -0.25) is 0 Å². The summed E-state index contributed by atoms with van der Waals surface area (Å²) in [5.74, 6) is 0.678. The molecule has 0 radical (unpaired) electrons. The second-order valence-corrected chi connectivity index (χ2v) is 5.61. The van der Waals surface area contributed by atoms with Crippen LogP contribution in [0, 0.1) is 0 Å². The van der Waals surface area contributed by atoms with Crippen LogP contribution in [0.3, 0.4) is 0 Å². The van der Waals surface area contributed by atoms with E-state index in [-0.39, 0.29) is 11.9 Å². The largest absolute Gasteiger partial charge is 0.403 e. The lowest BCUT2D eigenvalue weighted by molar-refractivity contribution is 0.0736. The van der Waals surface area contributed by atoms with E-state index in [9.17, 15) is 4.79 Å². The van der Waals surface area contributed by atoms with Crippen molar-refractivity contribution in [2.24, 2.45) is 4.99 Å². The van der Waals surface area contributed by atoms with Gasteiger partial charge in [0.1, 0.15) is 0 Å². The number of carbonyl (C=O) groups excluding carboxylic acids is 1. The first-order valence-electron chi connectivity index (χ1n) is 5.32. The van der Waals surface area contributed by atoms with Crippen LogP contribution in [0.25, 0.3) is 0 Å². The van der Waals surface area contributed by atoms with E-state index in [0.717, 1.165) is 5.75 Å². The number of halogens is 2. The molecule has 0 saturated carbocycles. The van der Waals surface area contributed by atoms with E-state index in [1.54, 1.807) is 23.9 Å². The molecule has 0 aromatic heterocycles. The van der Waals surface area contributed by atoms with Crippen molar-refractivity contribution in [3.8, 4) is 0 Å². The lowest BCUT2D eigenvalue weighted by Crippen LogP contribution is -2.09. The van der Waals surface area contributed by atoms with Gasteiger partial charge in [0.25, 0.3) is 0 Å². The number of aliphatic imine (C=N–C) groups is 1. The molecule has 1 atom stereocenters. The van der Waals surface area contributed by atoms with Crippen molar-refractivity contribution in [1.29, 1.82) is 0 Å². The van der Waals surface area contributed by atoms with E-state index in [1.807, 2.05) is 13.2 Å². The second kappa shape index (κ2) is 5.51. The van der Waals surface area contributed by atoms with E-state index in [0.29, 0.717) is 21.2 Å². The summed E-state index contributed by atoms with van der Waals surface area (Å²) in [4.78, 5) is 16.0. The van der Waals surface area contributed by atoms with Crippen molar-refractivity contribution in [1.82, 2.24) is 0 Å². The molecule has 1 aromatic carbocycles. The molecule has 0 unspecified atom stereocenters. The number of esters is 1. The van der Waals surface area contributed by atoms with E-state index >= 15 is 0 Å². The molecule has 0 N–H and O–H groups in total. The zero-order chi connectivity index (χ0) is 13.3. The Balaban J connectivity index is 2.46. The molecular formula is C12H11Cl2NO2S. The fourth-order valence-corrected chi connectivity index (χ4v) is 2.65. The highest BCUT2D eigenvalue weighted by Crippen LogP contribution is 2.33. The maximum atomic E-state index is 11.7.